The van der Waals surface area contributed by atoms with Gasteiger partial charge in [0.2, 0.25) is 0 Å². The molecule has 2 aliphatic heterocycles. The molecule has 6 nitrogen and oxygen atoms in total. The Morgan fingerprint density at radius 2 is 1.70 bits per heavy atom. The maximum atomic E-state index is 4.19. The van der Waals surface area contributed by atoms with Crippen molar-refractivity contribution in [3.63, 3.8) is 0 Å². The summed E-state index contributed by atoms with van der Waals surface area (Å²) in [6.45, 7) is 11.6. The van der Waals surface area contributed by atoms with Crippen molar-refractivity contribution >= 4 is 0 Å². The fraction of sp³-hybridized carbons (Fsp3) is 0.619. The van der Waals surface area contributed by atoms with E-state index in [2.05, 4.69) is 55.1 Å². The maximum Gasteiger partial charge on any atom is 0.137 e. The highest BCUT2D eigenvalue weighted by molar-refractivity contribution is 5.14. The van der Waals surface area contributed by atoms with Crippen LogP contribution in [0.4, 0.5) is 0 Å². The van der Waals surface area contributed by atoms with Gasteiger partial charge in [0.25, 0.3) is 0 Å². The predicted molar refractivity (Wildman–Crippen MR) is 107 cm³/mol. The van der Waals surface area contributed by atoms with Gasteiger partial charge in [-0.15, -0.1) is 0 Å². The van der Waals surface area contributed by atoms with Crippen molar-refractivity contribution in [2.45, 2.75) is 25.9 Å². The summed E-state index contributed by atoms with van der Waals surface area (Å²) in [4.78, 5) is 11.9. The monoisotopic (exact) mass is 368 g/mol. The number of likely N-dealkylation sites (tertiary alicyclic amines) is 1. The van der Waals surface area contributed by atoms with Crippen molar-refractivity contribution in [1.29, 1.82) is 0 Å². The van der Waals surface area contributed by atoms with Crippen molar-refractivity contribution in [3.8, 4) is 0 Å². The zero-order chi connectivity index (χ0) is 18.3. The topological polar surface area (TPSA) is 40.4 Å². The van der Waals surface area contributed by atoms with Crippen molar-refractivity contribution < 1.29 is 0 Å². The fourth-order valence-corrected chi connectivity index (χ4v) is 4.44. The molecule has 0 saturated carbocycles. The SMILES string of the molecule is c1ccc(CN2CCCC(CN3CCN(CCn4cncn4)CC3)C2)cc1. The van der Waals surface area contributed by atoms with E-state index in [1.54, 1.807) is 12.7 Å². The first-order chi connectivity index (χ1) is 13.3. The molecule has 0 N–H and O–H groups in total. The maximum absolute atomic E-state index is 4.19. The van der Waals surface area contributed by atoms with Crippen LogP contribution in [0.1, 0.15) is 18.4 Å². The van der Waals surface area contributed by atoms with Gasteiger partial charge in [0.1, 0.15) is 12.7 Å². The lowest BCUT2D eigenvalue weighted by Gasteiger charge is -2.39. The highest BCUT2D eigenvalue weighted by Gasteiger charge is 2.24. The van der Waals surface area contributed by atoms with Crippen LogP contribution in [0.3, 0.4) is 0 Å². The molecule has 146 valence electrons. The van der Waals surface area contributed by atoms with E-state index in [-0.39, 0.29) is 0 Å². The van der Waals surface area contributed by atoms with E-state index in [0.717, 1.165) is 25.6 Å². The number of aromatic nitrogens is 3. The minimum Gasteiger partial charge on any atom is -0.300 e. The molecule has 2 saturated heterocycles. The third-order valence-corrected chi connectivity index (χ3v) is 5.95. The second-order valence-electron chi connectivity index (χ2n) is 8.03. The highest BCUT2D eigenvalue weighted by atomic mass is 15.3. The molecule has 1 aromatic carbocycles. The van der Waals surface area contributed by atoms with Gasteiger partial charge in [-0.3, -0.25) is 14.5 Å². The predicted octanol–water partition coefficient (Wildman–Crippen LogP) is 1.81. The Morgan fingerprint density at radius 1 is 0.889 bits per heavy atom. The molecule has 4 rings (SSSR count). The number of rotatable bonds is 7. The second kappa shape index (κ2) is 9.44. The van der Waals surface area contributed by atoms with Gasteiger partial charge in [-0.25, -0.2) is 4.98 Å². The van der Waals surface area contributed by atoms with Crippen molar-refractivity contribution in [1.82, 2.24) is 29.5 Å². The molecule has 2 fully saturated rings. The number of piperazine rings is 1. The van der Waals surface area contributed by atoms with Crippen LogP contribution in [-0.2, 0) is 13.1 Å². The molecule has 1 unspecified atom stereocenters. The van der Waals surface area contributed by atoms with Crippen molar-refractivity contribution in [2.24, 2.45) is 5.92 Å². The largest absolute Gasteiger partial charge is 0.300 e. The van der Waals surface area contributed by atoms with Crippen molar-refractivity contribution in [3.05, 3.63) is 48.5 Å². The van der Waals surface area contributed by atoms with E-state index in [9.17, 15) is 0 Å². The Labute approximate surface area is 162 Å². The van der Waals surface area contributed by atoms with Gasteiger partial charge in [0, 0.05) is 52.4 Å². The highest BCUT2D eigenvalue weighted by Crippen LogP contribution is 2.20. The van der Waals surface area contributed by atoms with E-state index in [1.807, 2.05) is 4.68 Å². The number of nitrogens with zero attached hydrogens (tertiary/aromatic N) is 6. The van der Waals surface area contributed by atoms with Gasteiger partial charge in [-0.2, -0.15) is 5.10 Å². The van der Waals surface area contributed by atoms with Gasteiger partial charge in [0.05, 0.1) is 6.54 Å². The summed E-state index contributed by atoms with van der Waals surface area (Å²) in [6, 6.07) is 10.9. The lowest BCUT2D eigenvalue weighted by Crippen LogP contribution is -2.50. The van der Waals surface area contributed by atoms with Gasteiger partial charge in [0.15, 0.2) is 0 Å². The van der Waals surface area contributed by atoms with Gasteiger partial charge in [-0.05, 0) is 30.9 Å². The number of benzene rings is 1. The lowest BCUT2D eigenvalue weighted by atomic mass is 9.96. The minimum atomic E-state index is 0.823. The van der Waals surface area contributed by atoms with E-state index >= 15 is 0 Å². The normalized spacial score (nSPS) is 22.9. The van der Waals surface area contributed by atoms with E-state index in [4.69, 9.17) is 0 Å². The molecule has 0 radical (unpaired) electrons. The molecule has 1 aromatic heterocycles. The molecule has 2 aliphatic rings. The number of hydrogen-bond donors (Lipinski definition) is 0. The van der Waals surface area contributed by atoms with E-state index in [0.29, 0.717) is 0 Å². The summed E-state index contributed by atoms with van der Waals surface area (Å²) in [6.07, 6.45) is 6.15. The molecular weight excluding hydrogens is 336 g/mol. The Bertz CT molecular complexity index is 651. The molecule has 0 aliphatic carbocycles. The lowest BCUT2D eigenvalue weighted by molar-refractivity contribution is 0.0858. The molecule has 0 amide bonds. The van der Waals surface area contributed by atoms with Gasteiger partial charge >= 0.3 is 0 Å². The summed E-state index contributed by atoms with van der Waals surface area (Å²) in [5, 5.41) is 4.19. The molecule has 27 heavy (non-hydrogen) atoms. The second-order valence-corrected chi connectivity index (χ2v) is 8.03. The average molecular weight is 369 g/mol. The van der Waals surface area contributed by atoms with Crippen LogP contribution in [0, 0.1) is 5.92 Å². The van der Waals surface area contributed by atoms with E-state index < -0.39 is 0 Å². The van der Waals surface area contributed by atoms with Gasteiger partial charge in [-0.1, -0.05) is 30.3 Å². The first-order valence-corrected chi connectivity index (χ1v) is 10.4. The Kier molecular flexibility index (Phi) is 6.50. The minimum absolute atomic E-state index is 0.823. The summed E-state index contributed by atoms with van der Waals surface area (Å²) in [7, 11) is 0. The first kappa shape index (κ1) is 18.6. The zero-order valence-electron chi connectivity index (χ0n) is 16.3. The third kappa shape index (κ3) is 5.61. The molecule has 2 aromatic rings. The molecule has 0 bridgehead atoms. The average Bonchev–Trinajstić information content (AvgIpc) is 3.22. The summed E-state index contributed by atoms with van der Waals surface area (Å²) in [5.41, 5.74) is 1.44. The molecule has 3 heterocycles. The van der Waals surface area contributed by atoms with Crippen LogP contribution in [0.15, 0.2) is 43.0 Å². The number of piperidine rings is 1. The first-order valence-electron chi connectivity index (χ1n) is 10.4. The fourth-order valence-electron chi connectivity index (χ4n) is 4.44. The number of hydrogen-bond acceptors (Lipinski definition) is 5. The summed E-state index contributed by atoms with van der Waals surface area (Å²) < 4.78 is 1.93. The molecule has 1 atom stereocenters. The Hall–Kier alpha value is -1.76. The Balaban J connectivity index is 1.17. The standard InChI is InChI=1S/C21H32N6/c1-2-5-20(6-3-1)15-26-8-4-7-21(17-26)16-25-11-9-24(10-12-25)13-14-27-19-22-18-23-27/h1-3,5-6,18-19,21H,4,7-17H2. The molecule has 6 heteroatoms. The van der Waals surface area contributed by atoms with Crippen LogP contribution in [0.5, 0.6) is 0 Å². The Morgan fingerprint density at radius 3 is 2.48 bits per heavy atom. The third-order valence-electron chi connectivity index (χ3n) is 5.95. The van der Waals surface area contributed by atoms with Crippen LogP contribution in [-0.4, -0.2) is 81.8 Å². The summed E-state index contributed by atoms with van der Waals surface area (Å²) >= 11 is 0. The van der Waals surface area contributed by atoms with Crippen molar-refractivity contribution in [2.75, 3.05) is 52.4 Å². The van der Waals surface area contributed by atoms with E-state index in [1.165, 1.54) is 64.2 Å². The molecular formula is C21H32N6. The zero-order valence-corrected chi connectivity index (χ0v) is 16.3. The smallest absolute Gasteiger partial charge is 0.137 e. The quantitative estimate of drug-likeness (QED) is 0.745. The van der Waals surface area contributed by atoms with Crippen LogP contribution in [0.2, 0.25) is 0 Å². The summed E-state index contributed by atoms with van der Waals surface area (Å²) in [5.74, 6) is 0.823. The van der Waals surface area contributed by atoms with Crippen LogP contribution in [0.25, 0.3) is 0 Å². The van der Waals surface area contributed by atoms with Crippen LogP contribution < -0.4 is 0 Å². The van der Waals surface area contributed by atoms with Crippen LogP contribution >= 0.6 is 0 Å². The molecule has 0 spiro atoms. The van der Waals surface area contributed by atoms with Gasteiger partial charge < -0.3 is 4.90 Å².